The molecule has 0 fully saturated rings. The number of nitrogens with zero attached hydrogens (tertiary/aromatic N) is 2. The van der Waals surface area contributed by atoms with E-state index in [4.69, 9.17) is 0 Å². The maximum absolute atomic E-state index is 12.4. The Kier molecular flexibility index (Phi) is 6.15. The van der Waals surface area contributed by atoms with Crippen LogP contribution in [0.2, 0.25) is 0 Å². The molecule has 9 heteroatoms. The molecule has 4 rings (SSSR count). The first-order valence-electron chi connectivity index (χ1n) is 8.31. The molecule has 0 aliphatic heterocycles. The number of aromatic nitrogens is 2. The molecule has 0 bridgehead atoms. The van der Waals surface area contributed by atoms with Crippen molar-refractivity contribution in [1.29, 1.82) is 0 Å². The van der Waals surface area contributed by atoms with Gasteiger partial charge in [-0.3, -0.25) is 4.98 Å². The molecule has 0 saturated carbocycles. The number of hydrogen-bond acceptors (Lipinski definition) is 5. The Morgan fingerprint density at radius 2 is 1.65 bits per heavy atom. The first-order valence-corrected chi connectivity index (χ1v) is 9.79. The number of hydrogen-bond donors (Lipinski definition) is 2. The van der Waals surface area contributed by atoms with Crippen molar-refractivity contribution in [1.82, 2.24) is 14.7 Å². The van der Waals surface area contributed by atoms with E-state index in [2.05, 4.69) is 21.4 Å². The van der Waals surface area contributed by atoms with Gasteiger partial charge in [0.2, 0.25) is 0 Å². The van der Waals surface area contributed by atoms with Crippen LogP contribution in [-0.4, -0.2) is 75.8 Å². The summed E-state index contributed by atoms with van der Waals surface area (Å²) in [6.45, 7) is 0. The number of rotatable bonds is 3. The fraction of sp³-hybridized carbons (Fsp3) is 0.353. The fourth-order valence-corrected chi connectivity index (χ4v) is 4.50. The maximum Gasteiger partial charge on any atom is 0.333 e. The number of amides is 2. The molecule has 1 radical (unpaired) electrons. The Labute approximate surface area is 194 Å². The molecule has 7 nitrogen and oxygen atoms in total. The average molecular weight is 398 g/mol. The summed E-state index contributed by atoms with van der Waals surface area (Å²) in [5, 5.41) is 2.51. The molecular formula is C17H18KN4O3S. The zero-order valence-electron chi connectivity index (χ0n) is 14.6. The van der Waals surface area contributed by atoms with E-state index in [0.29, 0.717) is 0 Å². The Hall–Kier alpha value is -0.844. The maximum atomic E-state index is 12.4. The number of aryl methyl sites for hydroxylation is 2. The molecule has 0 spiro atoms. The van der Waals surface area contributed by atoms with Crippen molar-refractivity contribution in [3.8, 4) is 0 Å². The molecule has 1 aromatic heterocycles. The minimum absolute atomic E-state index is 0. The average Bonchev–Trinajstić information content (AvgIpc) is 3.24. The van der Waals surface area contributed by atoms with Crippen molar-refractivity contribution < 1.29 is 13.2 Å². The standard InChI is InChI=1S/C17H18N4O3S.K/c22-17(21-25(23,24)15-10-18-7-8-19-15)20-16-13-5-1-3-11(13)9-12-4-2-6-14(12)16;/h7-10H,1-6H2,(H2,20,21,22);. The van der Waals surface area contributed by atoms with Gasteiger partial charge in [-0.25, -0.2) is 14.5 Å². The third kappa shape index (κ3) is 3.88. The van der Waals surface area contributed by atoms with Crippen LogP contribution < -0.4 is 10.0 Å². The Balaban J connectivity index is 0.00000196. The minimum atomic E-state index is -4.04. The van der Waals surface area contributed by atoms with E-state index in [9.17, 15) is 13.2 Å². The van der Waals surface area contributed by atoms with Gasteiger partial charge in [-0.1, -0.05) is 6.07 Å². The largest absolute Gasteiger partial charge is 0.333 e. The van der Waals surface area contributed by atoms with E-state index in [1.807, 2.05) is 4.72 Å². The number of urea groups is 1. The summed E-state index contributed by atoms with van der Waals surface area (Å²) in [5.41, 5.74) is 5.63. The zero-order valence-corrected chi connectivity index (χ0v) is 18.5. The van der Waals surface area contributed by atoms with Gasteiger partial charge in [-0.2, -0.15) is 8.42 Å². The summed E-state index contributed by atoms with van der Waals surface area (Å²) < 4.78 is 26.5. The van der Waals surface area contributed by atoms with Crippen LogP contribution in [0, 0.1) is 0 Å². The molecule has 2 aliphatic rings. The first kappa shape index (κ1) is 19.9. The third-order valence-corrected chi connectivity index (χ3v) is 5.97. The predicted molar refractivity (Wildman–Crippen MR) is 97.6 cm³/mol. The van der Waals surface area contributed by atoms with Gasteiger partial charge in [0.25, 0.3) is 10.0 Å². The second kappa shape index (κ2) is 8.03. The monoisotopic (exact) mass is 397 g/mol. The molecule has 0 atom stereocenters. The Morgan fingerprint density at radius 3 is 2.23 bits per heavy atom. The summed E-state index contributed by atoms with van der Waals surface area (Å²) in [5.74, 6) is 0. The zero-order chi connectivity index (χ0) is 17.4. The number of sulfonamides is 1. The second-order valence-electron chi connectivity index (χ2n) is 6.34. The van der Waals surface area contributed by atoms with Crippen molar-refractivity contribution in [2.45, 2.75) is 43.6 Å². The molecule has 0 saturated heterocycles. The van der Waals surface area contributed by atoms with E-state index in [1.165, 1.54) is 23.5 Å². The normalized spacial score (nSPS) is 14.9. The van der Waals surface area contributed by atoms with Gasteiger partial charge in [0, 0.05) is 69.5 Å². The van der Waals surface area contributed by atoms with Crippen LogP contribution in [0.5, 0.6) is 0 Å². The summed E-state index contributed by atoms with van der Waals surface area (Å²) in [4.78, 5) is 19.8. The third-order valence-electron chi connectivity index (χ3n) is 4.75. The van der Waals surface area contributed by atoms with Gasteiger partial charge in [0.15, 0.2) is 5.03 Å². The summed E-state index contributed by atoms with van der Waals surface area (Å²) in [6.07, 6.45) is 9.71. The Morgan fingerprint density at radius 1 is 1.00 bits per heavy atom. The Bertz CT molecular complexity index is 916. The van der Waals surface area contributed by atoms with Crippen molar-refractivity contribution in [2.75, 3.05) is 5.32 Å². The molecule has 2 aromatic rings. The van der Waals surface area contributed by atoms with Gasteiger partial charge in [0.05, 0.1) is 6.20 Å². The van der Waals surface area contributed by atoms with E-state index < -0.39 is 16.1 Å². The number of benzene rings is 1. The SMILES string of the molecule is O=C(Nc1c2c(cc3c1CCC3)CCC2)NS(=O)(=O)c1cnccn1.[K]. The van der Waals surface area contributed by atoms with Crippen LogP contribution in [0.3, 0.4) is 0 Å². The van der Waals surface area contributed by atoms with Crippen LogP contribution in [0.25, 0.3) is 0 Å². The summed E-state index contributed by atoms with van der Waals surface area (Å²) in [7, 11) is -4.04. The number of anilines is 1. The van der Waals surface area contributed by atoms with Gasteiger partial charge < -0.3 is 5.32 Å². The van der Waals surface area contributed by atoms with Crippen LogP contribution >= 0.6 is 0 Å². The molecule has 1 heterocycles. The van der Waals surface area contributed by atoms with Crippen LogP contribution in [0.15, 0.2) is 29.7 Å². The van der Waals surface area contributed by atoms with Crippen LogP contribution in [-0.2, 0) is 35.7 Å². The van der Waals surface area contributed by atoms with Gasteiger partial charge in [-0.05, 0) is 60.8 Å². The second-order valence-corrected chi connectivity index (χ2v) is 7.97. The molecule has 1 aromatic carbocycles. The molecule has 131 valence electrons. The van der Waals surface area contributed by atoms with E-state index in [0.717, 1.165) is 61.5 Å². The van der Waals surface area contributed by atoms with Gasteiger partial charge in [-0.15, -0.1) is 0 Å². The number of carbonyl (C=O) groups excluding carboxylic acids is 1. The quantitative estimate of drug-likeness (QED) is 0.766. The first-order chi connectivity index (χ1) is 12.0. The molecular weight excluding hydrogens is 379 g/mol. The van der Waals surface area contributed by atoms with E-state index in [1.54, 1.807) is 0 Å². The van der Waals surface area contributed by atoms with Gasteiger partial charge >= 0.3 is 6.03 Å². The summed E-state index contributed by atoms with van der Waals surface area (Å²) >= 11 is 0. The molecule has 0 unspecified atom stereocenters. The smallest absolute Gasteiger partial charge is 0.307 e. The fourth-order valence-electron chi connectivity index (χ4n) is 3.70. The van der Waals surface area contributed by atoms with Crippen molar-refractivity contribution in [2.24, 2.45) is 0 Å². The number of carbonyl (C=O) groups is 1. The van der Waals surface area contributed by atoms with Crippen molar-refractivity contribution >= 4 is 73.1 Å². The predicted octanol–water partition coefficient (Wildman–Crippen LogP) is 1.58. The topological polar surface area (TPSA) is 101 Å². The van der Waals surface area contributed by atoms with E-state index in [-0.39, 0.29) is 56.4 Å². The molecule has 26 heavy (non-hydrogen) atoms. The van der Waals surface area contributed by atoms with Crippen LogP contribution in [0.4, 0.5) is 10.5 Å². The van der Waals surface area contributed by atoms with E-state index >= 15 is 0 Å². The van der Waals surface area contributed by atoms with Crippen LogP contribution in [0.1, 0.15) is 35.1 Å². The van der Waals surface area contributed by atoms with Gasteiger partial charge in [0.1, 0.15) is 0 Å². The molecule has 2 N–H and O–H groups in total. The number of fused-ring (bicyclic) bond motifs is 2. The van der Waals surface area contributed by atoms with Crippen molar-refractivity contribution in [3.63, 3.8) is 0 Å². The number of nitrogens with one attached hydrogen (secondary N) is 2. The van der Waals surface area contributed by atoms with Crippen molar-refractivity contribution in [3.05, 3.63) is 46.9 Å². The minimum Gasteiger partial charge on any atom is -0.307 e. The molecule has 2 aliphatic carbocycles. The molecule has 2 amide bonds. The summed E-state index contributed by atoms with van der Waals surface area (Å²) in [6, 6.07) is 1.49.